The Morgan fingerprint density at radius 3 is 2.31 bits per heavy atom. The number of thioether (sulfide) groups is 1. The average molecular weight is 496 g/mol. The van der Waals surface area contributed by atoms with Gasteiger partial charge in [-0.1, -0.05) is 79.4 Å². The van der Waals surface area contributed by atoms with E-state index in [1.807, 2.05) is 38.1 Å². The molecule has 1 N–H and O–H groups in total. The zero-order valence-electron chi connectivity index (χ0n) is 19.0. The summed E-state index contributed by atoms with van der Waals surface area (Å²) in [5.41, 5.74) is 2.98. The Balaban J connectivity index is 2.13. The van der Waals surface area contributed by atoms with E-state index < -0.39 is 6.04 Å². The van der Waals surface area contributed by atoms with E-state index in [-0.39, 0.29) is 17.6 Å². The van der Waals surface area contributed by atoms with E-state index in [0.717, 1.165) is 29.5 Å². The summed E-state index contributed by atoms with van der Waals surface area (Å²) in [6.07, 6.45) is 2.48. The fourth-order valence-corrected chi connectivity index (χ4v) is 4.96. The smallest absolute Gasteiger partial charge is 0.242 e. The topological polar surface area (TPSA) is 49.4 Å². The first-order valence-electron chi connectivity index (χ1n) is 11.0. The van der Waals surface area contributed by atoms with Crippen molar-refractivity contribution in [2.75, 3.05) is 12.3 Å². The van der Waals surface area contributed by atoms with Crippen LogP contribution in [0.1, 0.15) is 49.8 Å². The quantitative estimate of drug-likeness (QED) is 0.354. The van der Waals surface area contributed by atoms with Crippen molar-refractivity contribution in [2.24, 2.45) is 0 Å². The summed E-state index contributed by atoms with van der Waals surface area (Å²) in [7, 11) is 0. The number of halogens is 2. The lowest BCUT2D eigenvalue weighted by Crippen LogP contribution is -2.49. The van der Waals surface area contributed by atoms with Crippen LogP contribution in [0.2, 0.25) is 10.0 Å². The van der Waals surface area contributed by atoms with Gasteiger partial charge in [-0.3, -0.25) is 9.59 Å². The Morgan fingerprint density at radius 2 is 1.72 bits per heavy atom. The van der Waals surface area contributed by atoms with Gasteiger partial charge < -0.3 is 10.2 Å². The first kappa shape index (κ1) is 26.6. The predicted molar refractivity (Wildman–Crippen MR) is 136 cm³/mol. The van der Waals surface area contributed by atoms with Crippen LogP contribution in [-0.4, -0.2) is 35.1 Å². The molecule has 174 valence electrons. The van der Waals surface area contributed by atoms with Crippen LogP contribution < -0.4 is 5.32 Å². The number of aryl methyl sites for hydroxylation is 1. The number of hydrogen-bond acceptors (Lipinski definition) is 3. The molecule has 0 aliphatic rings. The molecule has 2 rings (SSSR count). The molecule has 0 radical (unpaired) electrons. The highest BCUT2D eigenvalue weighted by Crippen LogP contribution is 2.28. The standard InChI is InChI=1S/C25H32Cl2N2O2S/c1-4-6-14-28-25(31)23(5-2)29(15-19-12-10-18(3)11-13-19)24(30)17-32-16-20-21(26)8-7-9-22(20)27/h7-13,23H,4-6,14-17H2,1-3H3,(H,28,31)/t23-/m0/s1. The molecule has 0 aliphatic heterocycles. The highest BCUT2D eigenvalue weighted by Gasteiger charge is 2.28. The fraction of sp³-hybridized carbons (Fsp3) is 0.440. The summed E-state index contributed by atoms with van der Waals surface area (Å²) in [4.78, 5) is 27.8. The lowest BCUT2D eigenvalue weighted by molar-refractivity contribution is -0.139. The zero-order chi connectivity index (χ0) is 23.5. The van der Waals surface area contributed by atoms with E-state index in [2.05, 4.69) is 12.2 Å². The Bertz CT molecular complexity index is 870. The summed E-state index contributed by atoms with van der Waals surface area (Å²) in [5, 5.41) is 4.17. The molecule has 0 bridgehead atoms. The molecule has 0 saturated heterocycles. The first-order chi connectivity index (χ1) is 15.4. The third-order valence-corrected chi connectivity index (χ3v) is 6.87. The molecule has 0 unspecified atom stereocenters. The summed E-state index contributed by atoms with van der Waals surface area (Å²) in [6.45, 7) is 7.07. The van der Waals surface area contributed by atoms with Crippen LogP contribution in [0.25, 0.3) is 0 Å². The molecular formula is C25H32Cl2N2O2S. The summed E-state index contributed by atoms with van der Waals surface area (Å²) in [6, 6.07) is 12.9. The minimum Gasteiger partial charge on any atom is -0.354 e. The second kappa shape index (κ2) is 13.8. The van der Waals surface area contributed by atoms with Gasteiger partial charge in [-0.2, -0.15) is 0 Å². The van der Waals surface area contributed by atoms with Gasteiger partial charge in [0.05, 0.1) is 5.75 Å². The van der Waals surface area contributed by atoms with Gasteiger partial charge in [0.15, 0.2) is 0 Å². The molecule has 2 aromatic carbocycles. The van der Waals surface area contributed by atoms with Crippen molar-refractivity contribution in [1.82, 2.24) is 10.2 Å². The van der Waals surface area contributed by atoms with Crippen LogP contribution >= 0.6 is 35.0 Å². The van der Waals surface area contributed by atoms with E-state index in [1.165, 1.54) is 11.8 Å². The molecule has 0 spiro atoms. The van der Waals surface area contributed by atoms with Crippen molar-refractivity contribution < 1.29 is 9.59 Å². The average Bonchev–Trinajstić information content (AvgIpc) is 2.77. The van der Waals surface area contributed by atoms with Crippen molar-refractivity contribution in [2.45, 2.75) is 58.4 Å². The van der Waals surface area contributed by atoms with E-state index in [1.54, 1.807) is 23.1 Å². The van der Waals surface area contributed by atoms with E-state index in [0.29, 0.717) is 35.3 Å². The zero-order valence-corrected chi connectivity index (χ0v) is 21.3. The Morgan fingerprint density at radius 1 is 1.06 bits per heavy atom. The van der Waals surface area contributed by atoms with Gasteiger partial charge in [-0.05, 0) is 43.0 Å². The third kappa shape index (κ3) is 8.02. The van der Waals surface area contributed by atoms with E-state index in [4.69, 9.17) is 23.2 Å². The molecule has 1 atom stereocenters. The van der Waals surface area contributed by atoms with Crippen LogP contribution in [0.4, 0.5) is 0 Å². The number of benzene rings is 2. The largest absolute Gasteiger partial charge is 0.354 e. The lowest BCUT2D eigenvalue weighted by Gasteiger charge is -2.30. The second-order valence-electron chi connectivity index (χ2n) is 7.77. The van der Waals surface area contributed by atoms with Crippen molar-refractivity contribution in [3.05, 3.63) is 69.2 Å². The number of hydrogen-bond donors (Lipinski definition) is 1. The highest BCUT2D eigenvalue weighted by molar-refractivity contribution is 7.99. The van der Waals surface area contributed by atoms with Crippen LogP contribution in [0.3, 0.4) is 0 Å². The predicted octanol–water partition coefficient (Wildman–Crippen LogP) is 6.26. The van der Waals surface area contributed by atoms with Crippen LogP contribution in [0.5, 0.6) is 0 Å². The molecular weight excluding hydrogens is 463 g/mol. The van der Waals surface area contributed by atoms with Gasteiger partial charge >= 0.3 is 0 Å². The number of nitrogens with zero attached hydrogens (tertiary/aromatic N) is 1. The van der Waals surface area contributed by atoms with Gasteiger partial charge in [-0.25, -0.2) is 0 Å². The molecule has 0 saturated carbocycles. The Kier molecular flexibility index (Phi) is 11.4. The van der Waals surface area contributed by atoms with Crippen molar-refractivity contribution in [1.29, 1.82) is 0 Å². The second-order valence-corrected chi connectivity index (χ2v) is 9.57. The minimum absolute atomic E-state index is 0.0729. The third-order valence-electron chi connectivity index (χ3n) is 5.22. The molecule has 7 heteroatoms. The van der Waals surface area contributed by atoms with Gasteiger partial charge in [0.25, 0.3) is 0 Å². The number of nitrogens with one attached hydrogen (secondary N) is 1. The fourth-order valence-electron chi connectivity index (χ4n) is 3.31. The Hall–Kier alpha value is -1.69. The molecule has 0 fully saturated rings. The molecule has 0 aromatic heterocycles. The maximum Gasteiger partial charge on any atom is 0.242 e. The molecule has 0 aliphatic carbocycles. The molecule has 0 heterocycles. The monoisotopic (exact) mass is 494 g/mol. The summed E-state index contributed by atoms with van der Waals surface area (Å²) >= 11 is 14.0. The number of carbonyl (C=O) groups excluding carboxylic acids is 2. The number of amides is 2. The van der Waals surface area contributed by atoms with Crippen LogP contribution in [-0.2, 0) is 21.9 Å². The summed E-state index contributed by atoms with van der Waals surface area (Å²) < 4.78 is 0. The molecule has 2 aromatic rings. The van der Waals surface area contributed by atoms with Crippen molar-refractivity contribution in [3.63, 3.8) is 0 Å². The molecule has 4 nitrogen and oxygen atoms in total. The lowest BCUT2D eigenvalue weighted by atomic mass is 10.1. The van der Waals surface area contributed by atoms with Crippen LogP contribution in [0.15, 0.2) is 42.5 Å². The number of rotatable bonds is 12. The molecule has 32 heavy (non-hydrogen) atoms. The maximum absolute atomic E-state index is 13.3. The van der Waals surface area contributed by atoms with Crippen molar-refractivity contribution in [3.8, 4) is 0 Å². The summed E-state index contributed by atoms with van der Waals surface area (Å²) in [5.74, 6) is 0.602. The van der Waals surface area contributed by atoms with Gasteiger partial charge in [0.2, 0.25) is 11.8 Å². The van der Waals surface area contributed by atoms with E-state index >= 15 is 0 Å². The molecule has 2 amide bonds. The number of carbonyl (C=O) groups is 2. The van der Waals surface area contributed by atoms with Gasteiger partial charge in [0.1, 0.15) is 6.04 Å². The highest BCUT2D eigenvalue weighted by atomic mass is 35.5. The van der Waals surface area contributed by atoms with Gasteiger partial charge in [0, 0.05) is 28.9 Å². The normalized spacial score (nSPS) is 11.8. The van der Waals surface area contributed by atoms with Crippen LogP contribution in [0, 0.1) is 6.92 Å². The maximum atomic E-state index is 13.3. The number of unbranched alkanes of at least 4 members (excludes halogenated alkanes) is 1. The first-order valence-corrected chi connectivity index (χ1v) is 12.9. The minimum atomic E-state index is -0.509. The van der Waals surface area contributed by atoms with E-state index in [9.17, 15) is 9.59 Å². The van der Waals surface area contributed by atoms with Gasteiger partial charge in [-0.15, -0.1) is 11.8 Å². The van der Waals surface area contributed by atoms with Crippen molar-refractivity contribution >= 4 is 46.8 Å². The SMILES string of the molecule is CCCCNC(=O)[C@H](CC)N(Cc1ccc(C)cc1)C(=O)CSCc1c(Cl)cccc1Cl. The Labute approximate surface area is 206 Å².